The fourth-order valence-electron chi connectivity index (χ4n) is 3.09. The van der Waals surface area contributed by atoms with Gasteiger partial charge in [0.2, 0.25) is 10.0 Å². The van der Waals surface area contributed by atoms with Crippen molar-refractivity contribution in [1.29, 1.82) is 0 Å². The summed E-state index contributed by atoms with van der Waals surface area (Å²) in [5.74, 6) is -0.277. The Balaban J connectivity index is 1.95. The smallest absolute Gasteiger partial charge is 0.240 e. The number of aryl methyl sites for hydroxylation is 1. The molecule has 0 amide bonds. The third-order valence-electron chi connectivity index (χ3n) is 4.96. The molecule has 0 bridgehead atoms. The van der Waals surface area contributed by atoms with E-state index in [9.17, 15) is 13.2 Å². The molecule has 0 saturated carbocycles. The first-order valence-electron chi connectivity index (χ1n) is 9.43. The molecule has 2 aromatic rings. The molecule has 0 atom stereocenters. The summed E-state index contributed by atoms with van der Waals surface area (Å²) in [7, 11) is -3.71. The number of nitrogens with zero attached hydrogens (tertiary/aromatic N) is 1. The van der Waals surface area contributed by atoms with E-state index in [-0.39, 0.29) is 27.5 Å². The summed E-state index contributed by atoms with van der Waals surface area (Å²) in [5.41, 5.74) is 13.9. The molecular weight excluding hydrogens is 404 g/mol. The van der Waals surface area contributed by atoms with Gasteiger partial charge >= 0.3 is 0 Å². The van der Waals surface area contributed by atoms with Crippen molar-refractivity contribution < 1.29 is 17.9 Å². The molecule has 1 saturated heterocycles. The summed E-state index contributed by atoms with van der Waals surface area (Å²) < 4.78 is 33.4. The van der Waals surface area contributed by atoms with Gasteiger partial charge < -0.3 is 16.2 Å². The third-order valence-corrected chi connectivity index (χ3v) is 6.36. The SMILES string of the molecule is CC(N)=CC(=O)c1cc(-c2cc(S(=O)(=O)NCC3(C)COC3)ccc2C)cnc1N. The van der Waals surface area contributed by atoms with Crippen LogP contribution in [0.2, 0.25) is 0 Å². The van der Waals surface area contributed by atoms with Gasteiger partial charge in [0.1, 0.15) is 5.82 Å². The lowest BCUT2D eigenvalue weighted by atomic mass is 9.89. The summed E-state index contributed by atoms with van der Waals surface area (Å²) in [5, 5.41) is 0. The lowest BCUT2D eigenvalue weighted by molar-refractivity contribution is -0.0965. The van der Waals surface area contributed by atoms with Crippen molar-refractivity contribution in [3.63, 3.8) is 0 Å². The van der Waals surface area contributed by atoms with Crippen molar-refractivity contribution in [2.24, 2.45) is 11.1 Å². The zero-order valence-corrected chi connectivity index (χ0v) is 18.0. The fraction of sp³-hybridized carbons (Fsp3) is 0.333. The third kappa shape index (κ3) is 4.69. The van der Waals surface area contributed by atoms with Crippen LogP contribution >= 0.6 is 0 Å². The number of carbonyl (C=O) groups excluding carboxylic acids is 1. The number of benzene rings is 1. The molecule has 0 unspecified atom stereocenters. The monoisotopic (exact) mass is 430 g/mol. The van der Waals surface area contributed by atoms with Crippen LogP contribution in [0.3, 0.4) is 0 Å². The van der Waals surface area contributed by atoms with Gasteiger partial charge in [-0.15, -0.1) is 0 Å². The standard InChI is InChI=1S/C21H26N4O4S/c1-13-4-5-16(30(27,28)25-10-21(3)11-29-12-21)8-17(13)15-7-18(20(23)24-9-15)19(26)6-14(2)22/h4-9,25H,10-12,22H2,1-3H3,(H2,23,24). The Bertz CT molecular complexity index is 1120. The zero-order chi connectivity index (χ0) is 22.1. The number of ether oxygens (including phenoxy) is 1. The van der Waals surface area contributed by atoms with Crippen LogP contribution in [0, 0.1) is 12.3 Å². The molecular formula is C21H26N4O4S. The Kier molecular flexibility index (Phi) is 5.98. The number of nitrogens with two attached hydrogens (primary N) is 2. The van der Waals surface area contributed by atoms with Gasteiger partial charge in [-0.1, -0.05) is 13.0 Å². The molecule has 2 heterocycles. The van der Waals surface area contributed by atoms with Crippen molar-refractivity contribution >= 4 is 21.6 Å². The van der Waals surface area contributed by atoms with Crippen LogP contribution in [-0.4, -0.2) is 38.9 Å². The summed E-state index contributed by atoms with van der Waals surface area (Å²) in [6.07, 6.45) is 2.80. The quantitative estimate of drug-likeness (QED) is 0.451. The van der Waals surface area contributed by atoms with E-state index in [4.69, 9.17) is 16.2 Å². The van der Waals surface area contributed by atoms with Gasteiger partial charge in [-0.25, -0.2) is 18.1 Å². The van der Waals surface area contributed by atoms with E-state index in [1.807, 2.05) is 13.8 Å². The van der Waals surface area contributed by atoms with Gasteiger partial charge in [-0.05, 0) is 43.2 Å². The molecule has 1 aliphatic heterocycles. The lowest BCUT2D eigenvalue weighted by Crippen LogP contribution is -2.48. The number of aromatic nitrogens is 1. The maximum Gasteiger partial charge on any atom is 0.240 e. The molecule has 8 nitrogen and oxygen atoms in total. The molecule has 160 valence electrons. The van der Waals surface area contributed by atoms with Crippen LogP contribution in [0.25, 0.3) is 11.1 Å². The number of anilines is 1. The molecule has 0 radical (unpaired) electrons. The van der Waals surface area contributed by atoms with E-state index in [2.05, 4.69) is 9.71 Å². The largest absolute Gasteiger partial charge is 0.402 e. The number of allylic oxidation sites excluding steroid dienone is 2. The number of nitrogens with one attached hydrogen (secondary N) is 1. The van der Waals surface area contributed by atoms with Gasteiger partial charge in [0.25, 0.3) is 0 Å². The molecule has 1 aromatic carbocycles. The van der Waals surface area contributed by atoms with E-state index in [1.54, 1.807) is 31.2 Å². The molecule has 30 heavy (non-hydrogen) atoms. The van der Waals surface area contributed by atoms with Crippen molar-refractivity contribution in [2.45, 2.75) is 25.7 Å². The highest BCUT2D eigenvalue weighted by Crippen LogP contribution is 2.29. The predicted octanol–water partition coefficient (Wildman–Crippen LogP) is 2.00. The Labute approximate surface area is 176 Å². The van der Waals surface area contributed by atoms with Crippen LogP contribution < -0.4 is 16.2 Å². The van der Waals surface area contributed by atoms with Gasteiger partial charge in [0, 0.05) is 35.5 Å². The second-order valence-electron chi connectivity index (χ2n) is 8.01. The summed E-state index contributed by atoms with van der Waals surface area (Å²) in [4.78, 5) is 16.6. The average Bonchev–Trinajstić information content (AvgIpc) is 2.65. The number of pyridine rings is 1. The number of rotatable bonds is 7. The highest BCUT2D eigenvalue weighted by Gasteiger charge is 2.34. The van der Waals surface area contributed by atoms with E-state index in [0.29, 0.717) is 36.6 Å². The Morgan fingerprint density at radius 2 is 2.03 bits per heavy atom. The molecule has 0 spiro atoms. The first-order valence-corrected chi connectivity index (χ1v) is 10.9. The highest BCUT2D eigenvalue weighted by atomic mass is 32.2. The van der Waals surface area contributed by atoms with Gasteiger partial charge in [0.15, 0.2) is 5.78 Å². The topological polar surface area (TPSA) is 137 Å². The lowest BCUT2D eigenvalue weighted by Gasteiger charge is -2.37. The maximum atomic E-state index is 12.8. The summed E-state index contributed by atoms with van der Waals surface area (Å²) in [6.45, 7) is 6.78. The first-order chi connectivity index (χ1) is 14.0. The van der Waals surface area contributed by atoms with Crippen molar-refractivity contribution in [1.82, 2.24) is 9.71 Å². The van der Waals surface area contributed by atoms with Crippen LogP contribution in [-0.2, 0) is 14.8 Å². The van der Waals surface area contributed by atoms with Crippen molar-refractivity contribution in [3.05, 3.63) is 53.4 Å². The molecule has 5 N–H and O–H groups in total. The van der Waals surface area contributed by atoms with Crippen LogP contribution in [0.4, 0.5) is 5.82 Å². The Morgan fingerprint density at radius 3 is 2.63 bits per heavy atom. The molecule has 9 heteroatoms. The second kappa shape index (κ2) is 8.17. The van der Waals surface area contributed by atoms with Gasteiger partial charge in [-0.3, -0.25) is 4.79 Å². The first kappa shape index (κ1) is 21.9. The maximum absolute atomic E-state index is 12.8. The average molecular weight is 431 g/mol. The fourth-order valence-corrected chi connectivity index (χ4v) is 4.31. The van der Waals surface area contributed by atoms with E-state index in [0.717, 1.165) is 5.56 Å². The predicted molar refractivity (Wildman–Crippen MR) is 115 cm³/mol. The van der Waals surface area contributed by atoms with Crippen LogP contribution in [0.1, 0.15) is 29.8 Å². The van der Waals surface area contributed by atoms with Crippen LogP contribution in [0.15, 0.2) is 47.1 Å². The van der Waals surface area contributed by atoms with E-state index < -0.39 is 10.0 Å². The number of sulfonamides is 1. The second-order valence-corrected chi connectivity index (χ2v) is 9.78. The van der Waals surface area contributed by atoms with Crippen molar-refractivity contribution in [2.75, 3.05) is 25.5 Å². The minimum Gasteiger partial charge on any atom is -0.402 e. The molecule has 0 aliphatic carbocycles. The number of carbonyl (C=O) groups is 1. The molecule has 1 fully saturated rings. The number of ketones is 1. The number of nitrogen functional groups attached to an aromatic ring is 1. The molecule has 1 aliphatic rings. The summed E-state index contributed by atoms with van der Waals surface area (Å²) >= 11 is 0. The number of hydrogen-bond acceptors (Lipinski definition) is 7. The minimum atomic E-state index is -3.71. The normalized spacial score (nSPS) is 16.2. The highest BCUT2D eigenvalue weighted by molar-refractivity contribution is 7.89. The Morgan fingerprint density at radius 1 is 1.33 bits per heavy atom. The minimum absolute atomic E-state index is 0.0836. The van der Waals surface area contributed by atoms with Gasteiger partial charge in [-0.2, -0.15) is 0 Å². The van der Waals surface area contributed by atoms with Gasteiger partial charge in [0.05, 0.1) is 23.7 Å². The zero-order valence-electron chi connectivity index (χ0n) is 17.2. The number of hydrogen-bond donors (Lipinski definition) is 3. The Hall–Kier alpha value is -2.75. The van der Waals surface area contributed by atoms with E-state index in [1.165, 1.54) is 12.3 Å². The molecule has 3 rings (SSSR count). The van der Waals surface area contributed by atoms with Crippen molar-refractivity contribution in [3.8, 4) is 11.1 Å². The molecule has 1 aromatic heterocycles. The van der Waals surface area contributed by atoms with Crippen LogP contribution in [0.5, 0.6) is 0 Å². The summed E-state index contributed by atoms with van der Waals surface area (Å²) in [6, 6.07) is 6.45. The van der Waals surface area contributed by atoms with E-state index >= 15 is 0 Å².